The number of anilines is 1. The van der Waals surface area contributed by atoms with Gasteiger partial charge in [-0.1, -0.05) is 47.5 Å². The number of nitrogens with one attached hydrogen (secondary N) is 1. The van der Waals surface area contributed by atoms with E-state index in [-0.39, 0.29) is 24.5 Å². The molecular weight excluding hydrogens is 404 g/mol. The molecule has 7 nitrogen and oxygen atoms in total. The fourth-order valence-electron chi connectivity index (χ4n) is 3.70. The first kappa shape index (κ1) is 21.2. The van der Waals surface area contributed by atoms with Crippen molar-refractivity contribution in [3.05, 3.63) is 104 Å². The van der Waals surface area contributed by atoms with Crippen molar-refractivity contribution in [3.63, 3.8) is 0 Å². The molecule has 2 aromatic carbocycles. The van der Waals surface area contributed by atoms with Crippen LogP contribution in [-0.2, 0) is 17.9 Å². The van der Waals surface area contributed by atoms with Crippen molar-refractivity contribution in [2.24, 2.45) is 0 Å². The van der Waals surface area contributed by atoms with Crippen LogP contribution in [0.1, 0.15) is 22.3 Å². The second kappa shape index (κ2) is 8.63. The molecule has 32 heavy (non-hydrogen) atoms. The first-order valence-corrected chi connectivity index (χ1v) is 10.3. The van der Waals surface area contributed by atoms with Gasteiger partial charge in [0.05, 0.1) is 12.1 Å². The van der Waals surface area contributed by atoms with Crippen molar-refractivity contribution in [3.8, 4) is 0 Å². The molecule has 0 saturated carbocycles. The standard InChI is InChI=1S/C25H24N4O3/c1-16-6-9-19(10-7-16)14-29-24(31)23-21(5-4-12-26-23)28(25(29)32)15-22(30)27-20-11-8-17(2)13-18(20)3/h4-13H,14-15H2,1-3H3,(H,27,30). The Hall–Kier alpha value is -4.00. The van der Waals surface area contributed by atoms with E-state index in [0.717, 1.165) is 26.8 Å². The molecule has 0 fully saturated rings. The average Bonchev–Trinajstić information content (AvgIpc) is 2.77. The Labute approximate surface area is 185 Å². The number of hydrogen-bond donors (Lipinski definition) is 1. The number of hydrogen-bond acceptors (Lipinski definition) is 4. The van der Waals surface area contributed by atoms with Crippen molar-refractivity contribution in [1.29, 1.82) is 0 Å². The number of rotatable bonds is 5. The van der Waals surface area contributed by atoms with E-state index in [2.05, 4.69) is 10.3 Å². The second-order valence-corrected chi connectivity index (χ2v) is 7.98. The minimum absolute atomic E-state index is 0.100. The molecule has 0 spiro atoms. The third-order valence-corrected chi connectivity index (χ3v) is 5.41. The van der Waals surface area contributed by atoms with Crippen molar-refractivity contribution in [2.45, 2.75) is 33.9 Å². The Bertz CT molecular complexity index is 1430. The monoisotopic (exact) mass is 428 g/mol. The van der Waals surface area contributed by atoms with E-state index >= 15 is 0 Å². The Morgan fingerprint density at radius 2 is 1.66 bits per heavy atom. The van der Waals surface area contributed by atoms with Crippen LogP contribution >= 0.6 is 0 Å². The highest BCUT2D eigenvalue weighted by Gasteiger charge is 2.17. The summed E-state index contributed by atoms with van der Waals surface area (Å²) in [6.07, 6.45) is 1.50. The SMILES string of the molecule is Cc1ccc(Cn2c(=O)c3ncccc3n(CC(=O)Nc3ccc(C)cc3C)c2=O)cc1. The highest BCUT2D eigenvalue weighted by Crippen LogP contribution is 2.16. The Balaban J connectivity index is 1.74. The normalized spacial score (nSPS) is 11.0. The van der Waals surface area contributed by atoms with Crippen LogP contribution in [0, 0.1) is 20.8 Å². The first-order chi connectivity index (χ1) is 15.3. The van der Waals surface area contributed by atoms with Gasteiger partial charge in [-0.15, -0.1) is 0 Å². The van der Waals surface area contributed by atoms with Gasteiger partial charge in [0.15, 0.2) is 5.52 Å². The summed E-state index contributed by atoms with van der Waals surface area (Å²) in [5.41, 5.74) is 4.07. The maximum absolute atomic E-state index is 13.3. The summed E-state index contributed by atoms with van der Waals surface area (Å²) in [7, 11) is 0. The van der Waals surface area contributed by atoms with E-state index in [1.807, 2.05) is 63.2 Å². The number of carbonyl (C=O) groups excluding carboxylic acids is 1. The van der Waals surface area contributed by atoms with E-state index < -0.39 is 11.2 Å². The fourth-order valence-corrected chi connectivity index (χ4v) is 3.70. The zero-order valence-electron chi connectivity index (χ0n) is 18.3. The minimum atomic E-state index is -0.549. The van der Waals surface area contributed by atoms with Gasteiger partial charge in [-0.2, -0.15) is 0 Å². The molecular formula is C25H24N4O3. The number of pyridine rings is 1. The predicted octanol–water partition coefficient (Wildman–Crippen LogP) is 3.17. The minimum Gasteiger partial charge on any atom is -0.324 e. The smallest absolute Gasteiger partial charge is 0.324 e. The van der Waals surface area contributed by atoms with Gasteiger partial charge in [0, 0.05) is 11.9 Å². The Kier molecular flexibility index (Phi) is 5.73. The van der Waals surface area contributed by atoms with E-state index in [0.29, 0.717) is 11.2 Å². The van der Waals surface area contributed by atoms with Gasteiger partial charge < -0.3 is 5.32 Å². The largest absolute Gasteiger partial charge is 0.332 e. The number of aromatic nitrogens is 3. The van der Waals surface area contributed by atoms with Crippen LogP contribution in [0.4, 0.5) is 5.69 Å². The van der Waals surface area contributed by atoms with Crippen LogP contribution in [0.3, 0.4) is 0 Å². The molecule has 0 radical (unpaired) electrons. The lowest BCUT2D eigenvalue weighted by Gasteiger charge is -2.14. The number of carbonyl (C=O) groups is 1. The van der Waals surface area contributed by atoms with E-state index in [9.17, 15) is 14.4 Å². The van der Waals surface area contributed by atoms with Crippen molar-refractivity contribution < 1.29 is 4.79 Å². The Morgan fingerprint density at radius 3 is 2.38 bits per heavy atom. The first-order valence-electron chi connectivity index (χ1n) is 10.3. The summed E-state index contributed by atoms with van der Waals surface area (Å²) >= 11 is 0. The van der Waals surface area contributed by atoms with E-state index in [1.54, 1.807) is 12.1 Å². The summed E-state index contributed by atoms with van der Waals surface area (Å²) in [5, 5.41) is 2.86. The molecule has 0 aliphatic rings. The third-order valence-electron chi connectivity index (χ3n) is 5.41. The van der Waals surface area contributed by atoms with Crippen molar-refractivity contribution >= 4 is 22.6 Å². The summed E-state index contributed by atoms with van der Waals surface area (Å²) in [5.74, 6) is -0.357. The lowest BCUT2D eigenvalue weighted by atomic mass is 10.1. The number of amides is 1. The van der Waals surface area contributed by atoms with Gasteiger partial charge in [0.25, 0.3) is 5.56 Å². The zero-order valence-corrected chi connectivity index (χ0v) is 18.3. The number of fused-ring (bicyclic) bond motifs is 1. The number of nitrogens with zero attached hydrogens (tertiary/aromatic N) is 3. The quantitative estimate of drug-likeness (QED) is 0.529. The highest BCUT2D eigenvalue weighted by atomic mass is 16.2. The summed E-state index contributed by atoms with van der Waals surface area (Å²) in [6.45, 7) is 5.73. The molecule has 4 rings (SSSR count). The van der Waals surface area contributed by atoms with Crippen LogP contribution in [0.2, 0.25) is 0 Å². The molecule has 0 aliphatic heterocycles. The maximum atomic E-state index is 13.3. The third kappa shape index (κ3) is 4.23. The van der Waals surface area contributed by atoms with Gasteiger partial charge in [-0.25, -0.2) is 9.78 Å². The summed E-state index contributed by atoms with van der Waals surface area (Å²) in [6, 6.07) is 16.6. The highest BCUT2D eigenvalue weighted by molar-refractivity contribution is 5.92. The molecule has 162 valence electrons. The summed E-state index contributed by atoms with van der Waals surface area (Å²) in [4.78, 5) is 43.3. The van der Waals surface area contributed by atoms with Crippen LogP contribution < -0.4 is 16.6 Å². The van der Waals surface area contributed by atoms with Crippen molar-refractivity contribution in [1.82, 2.24) is 14.1 Å². The molecule has 0 aliphatic carbocycles. The topological polar surface area (TPSA) is 86.0 Å². The van der Waals surface area contributed by atoms with Crippen LogP contribution in [0.15, 0.2) is 70.4 Å². The Morgan fingerprint density at radius 1 is 0.938 bits per heavy atom. The molecule has 0 atom stereocenters. The van der Waals surface area contributed by atoms with E-state index in [4.69, 9.17) is 0 Å². The van der Waals surface area contributed by atoms with Gasteiger partial charge >= 0.3 is 5.69 Å². The number of aryl methyl sites for hydroxylation is 3. The van der Waals surface area contributed by atoms with Crippen molar-refractivity contribution in [2.75, 3.05) is 5.32 Å². The van der Waals surface area contributed by atoms with E-state index in [1.165, 1.54) is 10.8 Å². The van der Waals surface area contributed by atoms with Gasteiger partial charge in [0.2, 0.25) is 5.91 Å². The van der Waals surface area contributed by atoms with Gasteiger partial charge in [0.1, 0.15) is 6.54 Å². The molecule has 2 heterocycles. The van der Waals surface area contributed by atoms with Gasteiger partial charge in [-0.05, 0) is 50.1 Å². The van der Waals surface area contributed by atoms with Crippen LogP contribution in [0.25, 0.3) is 11.0 Å². The molecule has 0 saturated heterocycles. The molecule has 2 aromatic heterocycles. The molecule has 0 unspecified atom stereocenters. The molecule has 1 N–H and O–H groups in total. The van der Waals surface area contributed by atoms with Gasteiger partial charge in [-0.3, -0.25) is 18.7 Å². The second-order valence-electron chi connectivity index (χ2n) is 7.98. The molecule has 4 aromatic rings. The number of benzene rings is 2. The average molecular weight is 428 g/mol. The lowest BCUT2D eigenvalue weighted by Crippen LogP contribution is -2.42. The predicted molar refractivity (Wildman–Crippen MR) is 125 cm³/mol. The van der Waals surface area contributed by atoms with Crippen LogP contribution in [0.5, 0.6) is 0 Å². The zero-order chi connectivity index (χ0) is 22.8. The molecule has 0 bridgehead atoms. The summed E-state index contributed by atoms with van der Waals surface area (Å²) < 4.78 is 2.43. The fraction of sp³-hybridized carbons (Fsp3) is 0.200. The molecule has 7 heteroatoms. The van der Waals surface area contributed by atoms with Crippen LogP contribution in [-0.4, -0.2) is 20.0 Å². The molecule has 1 amide bonds. The maximum Gasteiger partial charge on any atom is 0.332 e. The lowest BCUT2D eigenvalue weighted by molar-refractivity contribution is -0.116.